The third-order valence-electron chi connectivity index (χ3n) is 6.91. The zero-order valence-electron chi connectivity index (χ0n) is 18.6. The number of aromatic nitrogens is 3. The van der Waals surface area contributed by atoms with Gasteiger partial charge < -0.3 is 14.5 Å². The molecule has 0 spiro atoms. The predicted molar refractivity (Wildman–Crippen MR) is 118 cm³/mol. The Bertz CT molecular complexity index is 1090. The number of hydrogen-bond donors (Lipinski definition) is 0. The van der Waals surface area contributed by atoms with Crippen molar-refractivity contribution in [2.45, 2.75) is 44.1 Å². The lowest BCUT2D eigenvalue weighted by Gasteiger charge is -2.33. The minimum atomic E-state index is -0.329. The number of ether oxygens (including phenoxy) is 1. The maximum absolute atomic E-state index is 13.2. The molecule has 3 aliphatic rings. The zero-order valence-corrected chi connectivity index (χ0v) is 18.6. The van der Waals surface area contributed by atoms with Crippen LogP contribution in [0.15, 0.2) is 29.1 Å². The minimum absolute atomic E-state index is 0.0339. The molecule has 2 aliphatic heterocycles. The maximum atomic E-state index is 13.2. The Hall–Kier alpha value is -3.10. The first kappa shape index (κ1) is 20.8. The largest absolute Gasteiger partial charge is 0.497 e. The molecular weight excluding hydrogens is 410 g/mol. The Labute approximate surface area is 186 Å². The van der Waals surface area contributed by atoms with Crippen LogP contribution in [0.25, 0.3) is 0 Å². The smallest absolute Gasteiger partial charge is 0.345 e. The Kier molecular flexibility index (Phi) is 5.27. The monoisotopic (exact) mass is 439 g/mol. The van der Waals surface area contributed by atoms with E-state index < -0.39 is 0 Å². The van der Waals surface area contributed by atoms with Gasteiger partial charge >= 0.3 is 5.69 Å². The van der Waals surface area contributed by atoms with Crippen molar-refractivity contribution in [3.63, 3.8) is 0 Å². The third-order valence-corrected chi connectivity index (χ3v) is 6.91. The number of aryl methyl sites for hydroxylation is 1. The van der Waals surface area contributed by atoms with Crippen LogP contribution in [0.3, 0.4) is 0 Å². The second-order valence-corrected chi connectivity index (χ2v) is 9.07. The fourth-order valence-electron chi connectivity index (χ4n) is 4.97. The Morgan fingerprint density at radius 2 is 1.88 bits per heavy atom. The van der Waals surface area contributed by atoms with E-state index in [1.54, 1.807) is 19.1 Å². The SMILES string of the molecule is COc1cccc(N2CC(C(=O)N3CCC(c4nn(C)c(=O)n4C4CC4)CC3)CC2=O)c1. The van der Waals surface area contributed by atoms with Gasteiger partial charge in [-0.3, -0.25) is 14.2 Å². The number of anilines is 1. The van der Waals surface area contributed by atoms with Gasteiger partial charge in [-0.15, -0.1) is 0 Å². The summed E-state index contributed by atoms with van der Waals surface area (Å²) < 4.78 is 8.56. The summed E-state index contributed by atoms with van der Waals surface area (Å²) >= 11 is 0. The molecular formula is C23H29N5O4. The molecule has 1 saturated carbocycles. The van der Waals surface area contributed by atoms with E-state index in [2.05, 4.69) is 5.10 Å². The molecule has 9 heteroatoms. The number of likely N-dealkylation sites (tertiary alicyclic amines) is 1. The predicted octanol–water partition coefficient (Wildman–Crippen LogP) is 1.68. The number of nitrogens with zero attached hydrogens (tertiary/aromatic N) is 5. The van der Waals surface area contributed by atoms with Gasteiger partial charge in [0, 0.05) is 56.8 Å². The highest BCUT2D eigenvalue weighted by Gasteiger charge is 2.39. The molecule has 0 radical (unpaired) electrons. The van der Waals surface area contributed by atoms with E-state index in [-0.39, 0.29) is 41.8 Å². The molecule has 3 fully saturated rings. The number of benzene rings is 1. The summed E-state index contributed by atoms with van der Waals surface area (Å²) in [5.41, 5.74) is 0.722. The van der Waals surface area contributed by atoms with Crippen LogP contribution in [0.4, 0.5) is 5.69 Å². The molecule has 32 heavy (non-hydrogen) atoms. The molecule has 2 aromatic rings. The highest BCUT2D eigenvalue weighted by Crippen LogP contribution is 2.38. The van der Waals surface area contributed by atoms with E-state index in [1.807, 2.05) is 33.7 Å². The summed E-state index contributed by atoms with van der Waals surface area (Å²) in [6.07, 6.45) is 3.88. The second-order valence-electron chi connectivity index (χ2n) is 9.07. The summed E-state index contributed by atoms with van der Waals surface area (Å²) in [6.45, 7) is 1.65. The number of carbonyl (C=O) groups excluding carboxylic acids is 2. The molecule has 1 aromatic carbocycles. The molecule has 0 bridgehead atoms. The Morgan fingerprint density at radius 1 is 1.12 bits per heavy atom. The molecule has 3 heterocycles. The first-order chi connectivity index (χ1) is 15.5. The molecule has 1 unspecified atom stereocenters. The molecule has 1 aliphatic carbocycles. The fourth-order valence-corrected chi connectivity index (χ4v) is 4.97. The molecule has 2 saturated heterocycles. The van der Waals surface area contributed by atoms with Gasteiger partial charge in [0.2, 0.25) is 11.8 Å². The van der Waals surface area contributed by atoms with E-state index in [0.29, 0.717) is 25.4 Å². The van der Waals surface area contributed by atoms with Gasteiger partial charge in [-0.1, -0.05) is 6.07 Å². The van der Waals surface area contributed by atoms with Crippen LogP contribution in [-0.4, -0.2) is 57.8 Å². The van der Waals surface area contributed by atoms with Gasteiger partial charge in [-0.05, 0) is 37.8 Å². The Morgan fingerprint density at radius 3 is 2.56 bits per heavy atom. The van der Waals surface area contributed by atoms with Gasteiger partial charge in [0.05, 0.1) is 13.0 Å². The number of hydrogen-bond acceptors (Lipinski definition) is 5. The van der Waals surface area contributed by atoms with Gasteiger partial charge in [-0.2, -0.15) is 5.10 Å². The highest BCUT2D eigenvalue weighted by molar-refractivity contribution is 6.00. The second kappa shape index (κ2) is 8.11. The summed E-state index contributed by atoms with van der Waals surface area (Å²) in [4.78, 5) is 41.8. The average molecular weight is 440 g/mol. The molecule has 170 valence electrons. The maximum Gasteiger partial charge on any atom is 0.345 e. The fraction of sp³-hybridized carbons (Fsp3) is 0.565. The van der Waals surface area contributed by atoms with E-state index >= 15 is 0 Å². The van der Waals surface area contributed by atoms with Crippen molar-refractivity contribution < 1.29 is 14.3 Å². The first-order valence-corrected chi connectivity index (χ1v) is 11.3. The van der Waals surface area contributed by atoms with Crippen LogP contribution in [0.2, 0.25) is 0 Å². The molecule has 1 atom stereocenters. The van der Waals surface area contributed by atoms with E-state index in [0.717, 1.165) is 37.2 Å². The standard InChI is InChI=1S/C23H29N5O4/c1-25-23(31)28(17-6-7-17)21(24-25)15-8-10-26(11-9-15)22(30)16-12-20(29)27(14-16)18-4-3-5-19(13-18)32-2/h3-5,13,15-17H,6-12,14H2,1-2H3. The highest BCUT2D eigenvalue weighted by atomic mass is 16.5. The zero-order chi connectivity index (χ0) is 22.4. The van der Waals surface area contributed by atoms with Crippen LogP contribution >= 0.6 is 0 Å². The molecule has 1 aromatic heterocycles. The number of rotatable bonds is 5. The minimum Gasteiger partial charge on any atom is -0.497 e. The van der Waals surface area contributed by atoms with Crippen molar-refractivity contribution in [3.8, 4) is 5.75 Å². The molecule has 9 nitrogen and oxygen atoms in total. The summed E-state index contributed by atoms with van der Waals surface area (Å²) in [5, 5.41) is 4.51. The number of amides is 2. The third kappa shape index (κ3) is 3.69. The average Bonchev–Trinajstić information content (AvgIpc) is 3.51. The van der Waals surface area contributed by atoms with Crippen molar-refractivity contribution in [1.29, 1.82) is 0 Å². The van der Waals surface area contributed by atoms with Gasteiger partial charge in [-0.25, -0.2) is 9.48 Å². The van der Waals surface area contributed by atoms with Gasteiger partial charge in [0.15, 0.2) is 0 Å². The van der Waals surface area contributed by atoms with Crippen molar-refractivity contribution in [2.24, 2.45) is 13.0 Å². The normalized spacial score (nSPS) is 21.9. The van der Waals surface area contributed by atoms with Gasteiger partial charge in [0.1, 0.15) is 11.6 Å². The lowest BCUT2D eigenvalue weighted by molar-refractivity contribution is -0.136. The summed E-state index contributed by atoms with van der Waals surface area (Å²) in [7, 11) is 3.30. The van der Waals surface area contributed by atoms with Crippen LogP contribution in [0.1, 0.15) is 49.9 Å². The molecule has 5 rings (SSSR count). The van der Waals surface area contributed by atoms with Crippen molar-refractivity contribution in [3.05, 3.63) is 40.6 Å². The number of carbonyl (C=O) groups is 2. The van der Waals surface area contributed by atoms with Crippen LogP contribution in [-0.2, 0) is 16.6 Å². The van der Waals surface area contributed by atoms with Gasteiger partial charge in [0.25, 0.3) is 0 Å². The Balaban J connectivity index is 1.23. The first-order valence-electron chi connectivity index (χ1n) is 11.3. The van der Waals surface area contributed by atoms with E-state index in [1.165, 1.54) is 4.68 Å². The van der Waals surface area contributed by atoms with Crippen LogP contribution < -0.4 is 15.3 Å². The van der Waals surface area contributed by atoms with Crippen molar-refractivity contribution in [2.75, 3.05) is 31.6 Å². The topological polar surface area (TPSA) is 89.7 Å². The quantitative estimate of drug-likeness (QED) is 0.707. The van der Waals surface area contributed by atoms with Crippen molar-refractivity contribution >= 4 is 17.5 Å². The summed E-state index contributed by atoms with van der Waals surface area (Å²) in [6, 6.07) is 7.66. The van der Waals surface area contributed by atoms with E-state index in [4.69, 9.17) is 4.74 Å². The number of piperidine rings is 1. The van der Waals surface area contributed by atoms with Crippen LogP contribution in [0.5, 0.6) is 5.75 Å². The van der Waals surface area contributed by atoms with Crippen molar-refractivity contribution in [1.82, 2.24) is 19.2 Å². The lowest BCUT2D eigenvalue weighted by atomic mass is 9.94. The van der Waals surface area contributed by atoms with Crippen LogP contribution in [0, 0.1) is 5.92 Å². The molecule has 0 N–H and O–H groups in total. The summed E-state index contributed by atoms with van der Waals surface area (Å²) in [5.74, 6) is 1.42. The van der Waals surface area contributed by atoms with E-state index in [9.17, 15) is 14.4 Å². The number of methoxy groups -OCH3 is 1. The lowest BCUT2D eigenvalue weighted by Crippen LogP contribution is -2.42. The molecule has 2 amide bonds.